The van der Waals surface area contributed by atoms with E-state index in [2.05, 4.69) is 0 Å². The summed E-state index contributed by atoms with van der Waals surface area (Å²) in [4.78, 5) is 0. The topological polar surface area (TPSA) is 0 Å². The van der Waals surface area contributed by atoms with Crippen molar-refractivity contribution in [3.8, 4) is 0 Å². The molecule has 0 amide bonds. The second-order valence-corrected chi connectivity index (χ2v) is 6.28. The molecule has 1 atom stereocenters. The van der Waals surface area contributed by atoms with Gasteiger partial charge in [-0.15, -0.1) is 21.2 Å². The number of rotatable bonds is 0. The average Bonchev–Trinajstić information content (AvgIpc) is 1.87. The first-order chi connectivity index (χ1) is 3.29. The minimum Gasteiger partial charge on any atom is -0.107 e. The fraction of sp³-hybridized carbons (Fsp3) is 0.667. The SMILES string of the molecule is S=C1CS(=S)CS1. The van der Waals surface area contributed by atoms with Gasteiger partial charge in [0.15, 0.2) is 0 Å². The Labute approximate surface area is 59.6 Å². The van der Waals surface area contributed by atoms with Gasteiger partial charge in [0.25, 0.3) is 0 Å². The van der Waals surface area contributed by atoms with Crippen molar-refractivity contribution < 1.29 is 0 Å². The number of hydrogen-bond acceptors (Lipinski definition) is 3. The van der Waals surface area contributed by atoms with Crippen LogP contribution in [0.1, 0.15) is 0 Å². The van der Waals surface area contributed by atoms with E-state index in [0.29, 0.717) is 0 Å². The molecule has 4 heteroatoms. The molecule has 40 valence electrons. The molecule has 1 aliphatic heterocycles. The van der Waals surface area contributed by atoms with Gasteiger partial charge in [0.05, 0.1) is 4.20 Å². The van der Waals surface area contributed by atoms with Gasteiger partial charge in [-0.2, -0.15) is 0 Å². The van der Waals surface area contributed by atoms with Gasteiger partial charge < -0.3 is 0 Å². The van der Waals surface area contributed by atoms with E-state index in [0.717, 1.165) is 15.0 Å². The molecule has 0 spiro atoms. The number of thioether (sulfide) groups is 1. The Hall–Kier alpha value is 1.01. The van der Waals surface area contributed by atoms with Crippen molar-refractivity contribution in [2.75, 3.05) is 10.8 Å². The van der Waals surface area contributed by atoms with Crippen LogP contribution >= 0.6 is 24.0 Å². The van der Waals surface area contributed by atoms with Crippen LogP contribution in [0.5, 0.6) is 0 Å². The molecule has 0 aromatic rings. The molecule has 0 N–H and O–H groups in total. The van der Waals surface area contributed by atoms with Crippen molar-refractivity contribution >= 4 is 48.8 Å². The normalized spacial score (nSPS) is 31.4. The van der Waals surface area contributed by atoms with Crippen molar-refractivity contribution in [1.29, 1.82) is 0 Å². The van der Waals surface area contributed by atoms with E-state index in [1.807, 2.05) is 0 Å². The summed E-state index contributed by atoms with van der Waals surface area (Å²) in [5.41, 5.74) is 0. The Morgan fingerprint density at radius 2 is 2.43 bits per heavy atom. The van der Waals surface area contributed by atoms with Gasteiger partial charge in [-0.3, -0.25) is 0 Å². The van der Waals surface area contributed by atoms with Crippen molar-refractivity contribution in [2.45, 2.75) is 0 Å². The van der Waals surface area contributed by atoms with Crippen LogP contribution in [0.4, 0.5) is 0 Å². The smallest absolute Gasteiger partial charge is 0.0589 e. The first-order valence-electron chi connectivity index (χ1n) is 1.79. The summed E-state index contributed by atoms with van der Waals surface area (Å²) in [5.74, 6) is 1.01. The molecule has 0 nitrogen and oxygen atoms in total. The zero-order valence-electron chi connectivity index (χ0n) is 3.55. The molecule has 0 saturated carbocycles. The molecule has 1 saturated heterocycles. The molecule has 7 heavy (non-hydrogen) atoms. The van der Waals surface area contributed by atoms with Crippen LogP contribution in [0, 0.1) is 0 Å². The molecule has 1 heterocycles. The maximum absolute atomic E-state index is 5.00. The summed E-state index contributed by atoms with van der Waals surface area (Å²) in [5, 5.41) is 1.09. The van der Waals surface area contributed by atoms with Gasteiger partial charge in [-0.25, -0.2) is 0 Å². The summed E-state index contributed by atoms with van der Waals surface area (Å²) >= 11 is 11.6. The van der Waals surface area contributed by atoms with E-state index < -0.39 is 0 Å². The highest BCUT2D eigenvalue weighted by atomic mass is 32.8. The van der Waals surface area contributed by atoms with E-state index in [1.54, 1.807) is 11.8 Å². The molecule has 1 aliphatic rings. The molecular formula is C3H4S4. The average molecular weight is 168 g/mol. The third-order valence-electron chi connectivity index (χ3n) is 0.630. The summed E-state index contributed by atoms with van der Waals surface area (Å²) < 4.78 is 1.11. The number of thiocarbonyl (C=S) groups is 1. The predicted octanol–water partition coefficient (Wildman–Crippen LogP) is 1.10. The first-order valence-corrected chi connectivity index (χ1v) is 5.68. The monoisotopic (exact) mass is 168 g/mol. The van der Waals surface area contributed by atoms with E-state index in [-0.39, 0.29) is 9.45 Å². The van der Waals surface area contributed by atoms with Crippen LogP contribution in [0.25, 0.3) is 0 Å². The molecule has 0 aromatic heterocycles. The minimum atomic E-state index is 0.202. The van der Waals surface area contributed by atoms with Crippen molar-refractivity contribution in [3.05, 3.63) is 0 Å². The van der Waals surface area contributed by atoms with E-state index in [4.69, 9.17) is 23.4 Å². The Bertz CT molecular complexity index is 102. The van der Waals surface area contributed by atoms with Crippen molar-refractivity contribution in [3.63, 3.8) is 0 Å². The van der Waals surface area contributed by atoms with Crippen LogP contribution < -0.4 is 0 Å². The van der Waals surface area contributed by atoms with Gasteiger partial charge >= 0.3 is 0 Å². The quantitative estimate of drug-likeness (QED) is 0.497. The summed E-state index contributed by atoms with van der Waals surface area (Å²) in [7, 11) is 0.202. The largest absolute Gasteiger partial charge is 0.107 e. The van der Waals surface area contributed by atoms with Crippen LogP contribution in [-0.4, -0.2) is 15.0 Å². The maximum atomic E-state index is 5.00. The summed E-state index contributed by atoms with van der Waals surface area (Å²) in [6.07, 6.45) is 0. The van der Waals surface area contributed by atoms with Gasteiger partial charge in [0.1, 0.15) is 0 Å². The Morgan fingerprint density at radius 1 is 1.71 bits per heavy atom. The molecule has 0 aliphatic carbocycles. The lowest BCUT2D eigenvalue weighted by Crippen LogP contribution is -1.89. The second-order valence-electron chi connectivity index (χ2n) is 1.22. The first kappa shape index (κ1) is 6.13. The Kier molecular flexibility index (Phi) is 2.21. The highest BCUT2D eigenvalue weighted by Crippen LogP contribution is 2.15. The van der Waals surface area contributed by atoms with Gasteiger partial charge in [0, 0.05) is 10.8 Å². The third kappa shape index (κ3) is 1.76. The zero-order chi connectivity index (χ0) is 5.28. The van der Waals surface area contributed by atoms with Crippen molar-refractivity contribution in [1.82, 2.24) is 0 Å². The molecular weight excluding hydrogens is 164 g/mol. The molecule has 1 rings (SSSR count). The van der Waals surface area contributed by atoms with Crippen LogP contribution in [-0.2, 0) is 20.6 Å². The van der Waals surface area contributed by atoms with Crippen LogP contribution in [0.3, 0.4) is 0 Å². The maximum Gasteiger partial charge on any atom is 0.0589 e. The molecule has 1 fully saturated rings. The van der Waals surface area contributed by atoms with Gasteiger partial charge in [-0.1, -0.05) is 23.4 Å². The summed E-state index contributed by atoms with van der Waals surface area (Å²) in [6, 6.07) is 0. The Balaban J connectivity index is 2.55. The Morgan fingerprint density at radius 3 is 2.57 bits per heavy atom. The fourth-order valence-electron chi connectivity index (χ4n) is 0.346. The molecule has 0 radical (unpaired) electrons. The van der Waals surface area contributed by atoms with Crippen molar-refractivity contribution in [2.24, 2.45) is 0 Å². The lowest BCUT2D eigenvalue weighted by atomic mass is 11.0. The highest BCUT2D eigenvalue weighted by molar-refractivity contribution is 8.42. The lowest BCUT2D eigenvalue weighted by molar-refractivity contribution is 2.12. The van der Waals surface area contributed by atoms with Crippen LogP contribution in [0.15, 0.2) is 0 Å². The molecule has 0 bridgehead atoms. The van der Waals surface area contributed by atoms with E-state index >= 15 is 0 Å². The number of hydrogen-bond donors (Lipinski definition) is 0. The highest BCUT2D eigenvalue weighted by Gasteiger charge is 2.09. The summed E-state index contributed by atoms with van der Waals surface area (Å²) in [6.45, 7) is 0. The van der Waals surface area contributed by atoms with E-state index in [1.165, 1.54) is 0 Å². The van der Waals surface area contributed by atoms with Gasteiger partial charge in [0.2, 0.25) is 0 Å². The fourth-order valence-corrected chi connectivity index (χ4v) is 4.85. The van der Waals surface area contributed by atoms with Crippen LogP contribution in [0.2, 0.25) is 0 Å². The predicted molar refractivity (Wildman–Crippen MR) is 44.7 cm³/mol. The zero-order valence-corrected chi connectivity index (χ0v) is 6.81. The van der Waals surface area contributed by atoms with Gasteiger partial charge in [-0.05, 0) is 0 Å². The lowest BCUT2D eigenvalue weighted by Gasteiger charge is -1.78. The third-order valence-corrected chi connectivity index (χ3v) is 5.31. The second kappa shape index (κ2) is 2.53. The van der Waals surface area contributed by atoms with E-state index in [9.17, 15) is 0 Å². The molecule has 1 unspecified atom stereocenters. The minimum absolute atomic E-state index is 0.202. The molecule has 0 aromatic carbocycles. The standard InChI is InChI=1S/C3H4S4/c4-3-1-7(5)2-6-3/h1-2H2.